The van der Waals surface area contributed by atoms with Gasteiger partial charge >= 0.3 is 0 Å². The normalized spacial score (nSPS) is 24.9. The molecule has 0 saturated carbocycles. The molecule has 9 nitrogen and oxygen atoms in total. The summed E-state index contributed by atoms with van der Waals surface area (Å²) in [6.07, 6.45) is 3.24. The Labute approximate surface area is 145 Å². The summed E-state index contributed by atoms with van der Waals surface area (Å²) < 4.78 is 28.9. The summed E-state index contributed by atoms with van der Waals surface area (Å²) in [6.45, 7) is 1.99. The molecule has 2 aromatic rings. The van der Waals surface area contributed by atoms with Crippen LogP contribution in [0.25, 0.3) is 0 Å². The van der Waals surface area contributed by atoms with Crippen molar-refractivity contribution in [1.29, 1.82) is 0 Å². The first kappa shape index (κ1) is 16.3. The topological polar surface area (TPSA) is 104 Å². The lowest BCUT2D eigenvalue weighted by Crippen LogP contribution is -2.57. The molecule has 2 fully saturated rings. The first-order valence-corrected chi connectivity index (χ1v) is 9.98. The zero-order chi connectivity index (χ0) is 17.4. The molecule has 0 unspecified atom stereocenters. The van der Waals surface area contributed by atoms with Crippen molar-refractivity contribution < 1.29 is 12.9 Å². The maximum absolute atomic E-state index is 12.0. The highest BCUT2D eigenvalue weighted by molar-refractivity contribution is 7.91. The Morgan fingerprint density at radius 2 is 2.28 bits per heavy atom. The average molecular weight is 364 g/mol. The first-order valence-electron chi connectivity index (χ1n) is 8.16. The van der Waals surface area contributed by atoms with E-state index in [0.29, 0.717) is 12.5 Å². The van der Waals surface area contributed by atoms with Crippen LogP contribution >= 0.6 is 0 Å². The minimum atomic E-state index is -3.01. The average Bonchev–Trinajstić information content (AvgIpc) is 3.20. The molecule has 0 spiro atoms. The van der Waals surface area contributed by atoms with Gasteiger partial charge in [-0.3, -0.25) is 0 Å². The summed E-state index contributed by atoms with van der Waals surface area (Å²) in [6, 6.07) is 3.51. The van der Waals surface area contributed by atoms with E-state index in [1.807, 2.05) is 18.0 Å². The highest BCUT2D eigenvalue weighted by atomic mass is 32.2. The maximum Gasteiger partial charge on any atom is 0.227 e. The van der Waals surface area contributed by atoms with Crippen LogP contribution in [0.5, 0.6) is 0 Å². The lowest BCUT2D eigenvalue weighted by molar-refractivity contribution is 0.411. The minimum absolute atomic E-state index is 0.0370. The van der Waals surface area contributed by atoms with Gasteiger partial charge in [0.1, 0.15) is 17.8 Å². The number of nitrogens with one attached hydrogen (secondary N) is 1. The maximum atomic E-state index is 12.0. The van der Waals surface area contributed by atoms with Crippen LogP contribution in [0.2, 0.25) is 0 Å². The van der Waals surface area contributed by atoms with Crippen LogP contribution in [0.1, 0.15) is 5.69 Å². The van der Waals surface area contributed by atoms with Gasteiger partial charge in [0, 0.05) is 38.4 Å². The number of nitrogens with zero attached hydrogens (tertiary/aromatic N) is 5. The third kappa shape index (κ3) is 3.31. The Bertz CT molecular complexity index is 841. The molecular weight excluding hydrogens is 344 g/mol. The number of fused-ring (bicyclic) bond motifs is 1. The molecule has 1 N–H and O–H groups in total. The molecular formula is C15H20N6O3S. The van der Waals surface area contributed by atoms with Crippen molar-refractivity contribution in [2.75, 3.05) is 41.4 Å². The summed E-state index contributed by atoms with van der Waals surface area (Å²) in [7, 11) is -1.12. The summed E-state index contributed by atoms with van der Waals surface area (Å²) in [5, 5.41) is 7.21. The van der Waals surface area contributed by atoms with E-state index in [2.05, 4.69) is 25.3 Å². The van der Waals surface area contributed by atoms with E-state index in [4.69, 9.17) is 4.52 Å². The van der Waals surface area contributed by atoms with Crippen molar-refractivity contribution in [3.8, 4) is 0 Å². The fourth-order valence-corrected chi connectivity index (χ4v) is 5.42. The lowest BCUT2D eigenvalue weighted by Gasteiger charge is -2.38. The number of hydrogen-bond donors (Lipinski definition) is 1. The molecule has 2 saturated heterocycles. The van der Waals surface area contributed by atoms with E-state index < -0.39 is 9.84 Å². The number of anilines is 2. The fraction of sp³-hybridized carbons (Fsp3) is 0.533. The molecule has 0 amide bonds. The third-order valence-corrected chi connectivity index (χ3v) is 6.35. The first-order chi connectivity index (χ1) is 12.0. The highest BCUT2D eigenvalue weighted by Gasteiger charge is 2.43. The Balaban J connectivity index is 1.56. The van der Waals surface area contributed by atoms with Gasteiger partial charge in [-0.1, -0.05) is 5.16 Å². The number of hydrogen-bond acceptors (Lipinski definition) is 9. The second kappa shape index (κ2) is 6.26. The highest BCUT2D eigenvalue weighted by Crippen LogP contribution is 2.26. The van der Waals surface area contributed by atoms with Crippen LogP contribution in [0.15, 0.2) is 29.1 Å². The molecule has 2 aliphatic rings. The summed E-state index contributed by atoms with van der Waals surface area (Å²) in [5.74, 6) is 1.68. The van der Waals surface area contributed by atoms with Crippen LogP contribution in [0, 0.1) is 0 Å². The second-order valence-corrected chi connectivity index (χ2v) is 8.61. The van der Waals surface area contributed by atoms with Crippen LogP contribution in [0.4, 0.5) is 11.8 Å². The van der Waals surface area contributed by atoms with Crippen molar-refractivity contribution in [2.24, 2.45) is 0 Å². The van der Waals surface area contributed by atoms with Crippen molar-refractivity contribution in [2.45, 2.75) is 18.6 Å². The number of sulfone groups is 1. The van der Waals surface area contributed by atoms with E-state index >= 15 is 0 Å². The van der Waals surface area contributed by atoms with Gasteiger partial charge in [0.15, 0.2) is 9.84 Å². The largest absolute Gasteiger partial charge is 0.364 e. The lowest BCUT2D eigenvalue weighted by atomic mass is 10.1. The van der Waals surface area contributed by atoms with E-state index in [9.17, 15) is 8.42 Å². The summed E-state index contributed by atoms with van der Waals surface area (Å²) in [4.78, 5) is 12.9. The minimum Gasteiger partial charge on any atom is -0.364 e. The predicted octanol–water partition coefficient (Wildman–Crippen LogP) is -0.324. The fourth-order valence-electron chi connectivity index (χ4n) is 3.47. The van der Waals surface area contributed by atoms with Gasteiger partial charge in [0.05, 0.1) is 24.1 Å². The van der Waals surface area contributed by atoms with Crippen molar-refractivity contribution in [3.63, 3.8) is 0 Å². The standard InChI is InChI=1S/C15H20N6O3S/c1-20(8-11-3-7-24-19-11)15-17-4-2-14(18-15)21-6-5-16-12-9-25(22,23)10-13(12)21/h2-4,7,12-13,16H,5-6,8-10H2,1H3/t12-,13+/m0/s1. The Hall–Kier alpha value is -2.20. The Kier molecular flexibility index (Phi) is 4.08. The number of rotatable bonds is 4. The number of aromatic nitrogens is 3. The molecule has 0 bridgehead atoms. The molecule has 0 radical (unpaired) electrons. The molecule has 10 heteroatoms. The van der Waals surface area contributed by atoms with Crippen LogP contribution < -0.4 is 15.1 Å². The molecule has 2 aromatic heterocycles. The monoisotopic (exact) mass is 364 g/mol. The van der Waals surface area contributed by atoms with Gasteiger partial charge in [-0.25, -0.2) is 13.4 Å². The van der Waals surface area contributed by atoms with Crippen molar-refractivity contribution >= 4 is 21.6 Å². The van der Waals surface area contributed by atoms with E-state index in [-0.39, 0.29) is 23.6 Å². The number of piperazine rings is 1. The SMILES string of the molecule is CN(Cc1ccon1)c1nccc(N2CCN[C@H]3CS(=O)(=O)C[C@H]32)n1. The molecule has 0 aliphatic carbocycles. The smallest absolute Gasteiger partial charge is 0.227 e. The van der Waals surface area contributed by atoms with E-state index in [1.165, 1.54) is 6.26 Å². The van der Waals surface area contributed by atoms with Gasteiger partial charge in [0.2, 0.25) is 5.95 Å². The quantitative estimate of drug-likeness (QED) is 0.781. The van der Waals surface area contributed by atoms with Crippen LogP contribution in [-0.4, -0.2) is 67.3 Å². The van der Waals surface area contributed by atoms with Crippen LogP contribution in [0.3, 0.4) is 0 Å². The molecule has 4 rings (SSSR count). The second-order valence-electron chi connectivity index (χ2n) is 6.46. The van der Waals surface area contributed by atoms with Crippen molar-refractivity contribution in [3.05, 3.63) is 30.3 Å². The van der Waals surface area contributed by atoms with Gasteiger partial charge in [-0.15, -0.1) is 0 Å². The summed E-state index contributed by atoms with van der Waals surface area (Å²) >= 11 is 0. The van der Waals surface area contributed by atoms with Gasteiger partial charge in [-0.2, -0.15) is 4.98 Å². The van der Waals surface area contributed by atoms with Crippen molar-refractivity contribution in [1.82, 2.24) is 20.4 Å². The van der Waals surface area contributed by atoms with Gasteiger partial charge in [-0.05, 0) is 6.07 Å². The molecule has 2 atom stereocenters. The Morgan fingerprint density at radius 3 is 3.08 bits per heavy atom. The predicted molar refractivity (Wildman–Crippen MR) is 92.2 cm³/mol. The van der Waals surface area contributed by atoms with Crippen LogP contribution in [-0.2, 0) is 16.4 Å². The van der Waals surface area contributed by atoms with Gasteiger partial charge < -0.3 is 19.6 Å². The molecule has 4 heterocycles. The molecule has 2 aliphatic heterocycles. The van der Waals surface area contributed by atoms with E-state index in [1.54, 1.807) is 12.3 Å². The molecule has 134 valence electrons. The zero-order valence-electron chi connectivity index (χ0n) is 13.9. The van der Waals surface area contributed by atoms with E-state index in [0.717, 1.165) is 24.6 Å². The molecule has 25 heavy (non-hydrogen) atoms. The Morgan fingerprint density at radius 1 is 1.40 bits per heavy atom. The third-order valence-electron chi connectivity index (χ3n) is 4.64. The zero-order valence-corrected chi connectivity index (χ0v) is 14.7. The molecule has 0 aromatic carbocycles. The van der Waals surface area contributed by atoms with Gasteiger partial charge in [0.25, 0.3) is 0 Å². The summed E-state index contributed by atoms with van der Waals surface area (Å²) in [5.41, 5.74) is 0.792.